The first kappa shape index (κ1) is 36.4. The van der Waals surface area contributed by atoms with Crippen LogP contribution in [-0.2, 0) is 19.2 Å². The van der Waals surface area contributed by atoms with E-state index in [1.165, 1.54) is 13.1 Å². The number of anilines is 1. The summed E-state index contributed by atoms with van der Waals surface area (Å²) in [5, 5.41) is 40.3. The van der Waals surface area contributed by atoms with Crippen LogP contribution in [0.3, 0.4) is 0 Å². The van der Waals surface area contributed by atoms with Gasteiger partial charge in [-0.05, 0) is 56.2 Å². The van der Waals surface area contributed by atoms with Crippen molar-refractivity contribution in [2.45, 2.75) is 13.8 Å². The van der Waals surface area contributed by atoms with E-state index >= 15 is 0 Å². The number of aromatic nitrogens is 2. The van der Waals surface area contributed by atoms with Gasteiger partial charge >= 0.3 is 23.9 Å². The number of likely N-dealkylation sites (N-methyl/N-ethyl adjacent to an activating group) is 1. The molecule has 2 saturated heterocycles. The molecule has 3 heterocycles. The molecule has 0 saturated carbocycles. The van der Waals surface area contributed by atoms with Gasteiger partial charge in [-0.15, -0.1) is 10.2 Å². The Balaban J connectivity index is 0.000000365. The quantitative estimate of drug-likeness (QED) is 0.250. The molecule has 2 aliphatic rings. The van der Waals surface area contributed by atoms with Crippen LogP contribution in [-0.4, -0.2) is 124 Å². The van der Waals surface area contributed by atoms with E-state index in [1.54, 1.807) is 0 Å². The molecule has 4 rings (SSSR count). The lowest BCUT2D eigenvalue weighted by atomic mass is 10.0. The molecule has 0 bridgehead atoms. The molecular formula is C31H41N5O9. The van der Waals surface area contributed by atoms with Crippen LogP contribution in [0.25, 0.3) is 11.3 Å². The third-order valence-corrected chi connectivity index (χ3v) is 7.08. The normalized spacial score (nSPS) is 17.4. The first-order valence-corrected chi connectivity index (χ1v) is 14.4. The second kappa shape index (κ2) is 18.8. The summed E-state index contributed by atoms with van der Waals surface area (Å²) < 4.78 is 5.96. The minimum Gasteiger partial charge on any atom is -0.492 e. The number of carboxylic acid groups (broad SMARTS) is 4. The molecule has 2 aliphatic heterocycles. The molecular weight excluding hydrogens is 586 g/mol. The van der Waals surface area contributed by atoms with Crippen molar-refractivity contribution in [1.82, 2.24) is 20.0 Å². The van der Waals surface area contributed by atoms with Crippen LogP contribution in [0.1, 0.15) is 13.8 Å². The van der Waals surface area contributed by atoms with Crippen LogP contribution in [0.5, 0.6) is 5.75 Å². The van der Waals surface area contributed by atoms with E-state index in [9.17, 15) is 19.2 Å². The van der Waals surface area contributed by atoms with Crippen LogP contribution < -0.4 is 9.64 Å². The Labute approximate surface area is 261 Å². The molecule has 14 heteroatoms. The molecule has 2 aromatic rings. The van der Waals surface area contributed by atoms with Crippen molar-refractivity contribution in [2.75, 3.05) is 64.4 Å². The van der Waals surface area contributed by atoms with E-state index < -0.39 is 23.9 Å². The third-order valence-electron chi connectivity index (χ3n) is 7.08. The van der Waals surface area contributed by atoms with E-state index in [0.717, 1.165) is 67.4 Å². The Bertz CT molecular complexity index is 1250. The number of nitrogens with zero attached hydrogens (tertiary/aromatic N) is 5. The maximum atomic E-state index is 9.55. The number of hydrogen-bond donors (Lipinski definition) is 4. The molecule has 2 unspecified atom stereocenters. The molecule has 14 nitrogen and oxygen atoms in total. The summed E-state index contributed by atoms with van der Waals surface area (Å²) in [5.41, 5.74) is 1.94. The summed E-state index contributed by atoms with van der Waals surface area (Å²) in [7, 11) is 2.22. The van der Waals surface area contributed by atoms with Crippen LogP contribution in [0.2, 0.25) is 0 Å². The summed E-state index contributed by atoms with van der Waals surface area (Å²) in [6.07, 6.45) is 2.23. The molecule has 1 aromatic carbocycles. The van der Waals surface area contributed by atoms with Gasteiger partial charge in [-0.25, -0.2) is 19.2 Å². The number of ether oxygens (including phenoxy) is 1. The largest absolute Gasteiger partial charge is 0.492 e. The topological polar surface area (TPSA) is 194 Å². The van der Waals surface area contributed by atoms with Gasteiger partial charge in [0.25, 0.3) is 0 Å². The smallest absolute Gasteiger partial charge is 0.328 e. The monoisotopic (exact) mass is 627 g/mol. The van der Waals surface area contributed by atoms with E-state index in [0.29, 0.717) is 30.9 Å². The molecule has 0 aliphatic carbocycles. The maximum Gasteiger partial charge on any atom is 0.328 e. The first-order chi connectivity index (χ1) is 21.4. The van der Waals surface area contributed by atoms with Crippen molar-refractivity contribution in [2.24, 2.45) is 11.8 Å². The van der Waals surface area contributed by atoms with Crippen LogP contribution in [0, 0.1) is 11.8 Å². The average molecular weight is 628 g/mol. The number of fused-ring (bicyclic) bond motifs is 1. The molecule has 45 heavy (non-hydrogen) atoms. The summed E-state index contributed by atoms with van der Waals surface area (Å²) in [6, 6.07) is 12.3. The molecule has 0 amide bonds. The molecule has 2 atom stereocenters. The van der Waals surface area contributed by atoms with Gasteiger partial charge in [-0.3, -0.25) is 0 Å². The van der Waals surface area contributed by atoms with Gasteiger partial charge in [0.05, 0.1) is 5.69 Å². The molecule has 2 fully saturated rings. The fourth-order valence-electron chi connectivity index (χ4n) is 4.93. The van der Waals surface area contributed by atoms with Gasteiger partial charge in [0.15, 0.2) is 5.82 Å². The van der Waals surface area contributed by atoms with Gasteiger partial charge in [0, 0.05) is 62.6 Å². The van der Waals surface area contributed by atoms with E-state index in [1.807, 2.05) is 12.1 Å². The zero-order valence-electron chi connectivity index (χ0n) is 25.7. The van der Waals surface area contributed by atoms with Crippen molar-refractivity contribution < 1.29 is 44.3 Å². The number of carboxylic acids is 4. The molecule has 1 aromatic heterocycles. The van der Waals surface area contributed by atoms with Crippen molar-refractivity contribution in [3.8, 4) is 17.0 Å². The predicted molar refractivity (Wildman–Crippen MR) is 166 cm³/mol. The summed E-state index contributed by atoms with van der Waals surface area (Å²) in [4.78, 5) is 45.4. The van der Waals surface area contributed by atoms with Gasteiger partial charge in [-0.2, -0.15) is 0 Å². The van der Waals surface area contributed by atoms with Crippen molar-refractivity contribution >= 4 is 29.7 Å². The second-order valence-corrected chi connectivity index (χ2v) is 10.3. The number of benzene rings is 1. The second-order valence-electron chi connectivity index (χ2n) is 10.3. The van der Waals surface area contributed by atoms with Crippen molar-refractivity contribution in [3.05, 3.63) is 60.7 Å². The molecule has 4 N–H and O–H groups in total. The summed E-state index contributed by atoms with van der Waals surface area (Å²) in [6.45, 7) is 12.7. The van der Waals surface area contributed by atoms with Crippen molar-refractivity contribution in [1.29, 1.82) is 0 Å². The van der Waals surface area contributed by atoms with E-state index in [4.69, 9.17) is 25.2 Å². The number of rotatable bonds is 12. The van der Waals surface area contributed by atoms with Crippen LogP contribution >= 0.6 is 0 Å². The van der Waals surface area contributed by atoms with Gasteiger partial charge in [0.2, 0.25) is 0 Å². The highest BCUT2D eigenvalue weighted by molar-refractivity contribution is 5.90. The summed E-state index contributed by atoms with van der Waals surface area (Å²) >= 11 is 0. The minimum atomic E-state index is -1.26. The fraction of sp³-hybridized carbons (Fsp3) is 0.419. The highest BCUT2D eigenvalue weighted by atomic mass is 16.5. The number of likely N-dealkylation sites (tertiary alicyclic amines) is 1. The summed E-state index contributed by atoms with van der Waals surface area (Å²) in [5.74, 6) is -1.60. The van der Waals surface area contributed by atoms with Gasteiger partial charge in [0.1, 0.15) is 12.4 Å². The SMILES string of the molecule is CCN(CC)CCOc1cccc(-c2ccc(N3CC4CN(C)CC4C3)nn2)c1.O=C(O)C=CC(=O)O.O=C(O)C=CC(=O)O. The predicted octanol–water partition coefficient (Wildman–Crippen LogP) is 2.29. The average Bonchev–Trinajstić information content (AvgIpc) is 3.56. The lowest BCUT2D eigenvalue weighted by Crippen LogP contribution is -2.27. The van der Waals surface area contributed by atoms with Gasteiger partial charge < -0.3 is 39.9 Å². The maximum absolute atomic E-state index is 9.55. The minimum absolute atomic E-state index is 0.558. The lowest BCUT2D eigenvalue weighted by molar-refractivity contribution is -0.134. The van der Waals surface area contributed by atoms with Gasteiger partial charge in [-0.1, -0.05) is 26.0 Å². The Morgan fingerprint density at radius 2 is 1.36 bits per heavy atom. The fourth-order valence-corrected chi connectivity index (χ4v) is 4.93. The lowest BCUT2D eigenvalue weighted by Gasteiger charge is -2.20. The van der Waals surface area contributed by atoms with E-state index in [-0.39, 0.29) is 0 Å². The molecule has 0 spiro atoms. The Morgan fingerprint density at radius 1 is 0.822 bits per heavy atom. The molecule has 244 valence electrons. The van der Waals surface area contributed by atoms with Crippen LogP contribution in [0.15, 0.2) is 60.7 Å². The Morgan fingerprint density at radius 3 is 1.80 bits per heavy atom. The number of hydrogen-bond acceptors (Lipinski definition) is 10. The first-order valence-electron chi connectivity index (χ1n) is 14.4. The Hall–Kier alpha value is -4.82. The number of carbonyl (C=O) groups is 4. The highest BCUT2D eigenvalue weighted by Crippen LogP contribution is 2.32. The zero-order valence-corrected chi connectivity index (χ0v) is 25.7. The van der Waals surface area contributed by atoms with Crippen LogP contribution in [0.4, 0.5) is 5.82 Å². The highest BCUT2D eigenvalue weighted by Gasteiger charge is 2.39. The molecule has 0 radical (unpaired) electrons. The Kier molecular flexibility index (Phi) is 15.2. The van der Waals surface area contributed by atoms with Crippen molar-refractivity contribution in [3.63, 3.8) is 0 Å². The zero-order chi connectivity index (χ0) is 33.4. The standard InChI is InChI=1S/C23H33N5O.2C4H4O4/c1-4-27(5-2)11-12-29-21-8-6-7-18(13-21)22-9-10-23(25-24-22)28-16-19-14-26(3)15-20(19)17-28;2*5-3(6)1-2-4(7)8/h6-10,13,19-20H,4-5,11-12,14-17H2,1-3H3;2*1-2H,(H,5,6)(H,7,8). The van der Waals surface area contributed by atoms with E-state index in [2.05, 4.69) is 70.1 Å². The third kappa shape index (κ3) is 13.6. The number of aliphatic carboxylic acids is 4.